The molecule has 6 nitrogen and oxygen atoms in total. The second-order valence-electron chi connectivity index (χ2n) is 4.50. The predicted molar refractivity (Wildman–Crippen MR) is 68.0 cm³/mol. The molecule has 0 unspecified atom stereocenters. The van der Waals surface area contributed by atoms with Gasteiger partial charge in [-0.3, -0.25) is 4.98 Å². The normalized spacial score (nSPS) is 18.9. The Morgan fingerprint density at radius 1 is 1.42 bits per heavy atom. The van der Waals surface area contributed by atoms with Gasteiger partial charge in [-0.05, 0) is 18.6 Å². The first kappa shape index (κ1) is 12.3. The minimum Gasteiger partial charge on any atom is -0.381 e. The Morgan fingerprint density at radius 2 is 2.26 bits per heavy atom. The van der Waals surface area contributed by atoms with Crippen molar-refractivity contribution in [3.63, 3.8) is 0 Å². The van der Waals surface area contributed by atoms with Crippen molar-refractivity contribution in [3.8, 4) is 5.69 Å². The average molecular weight is 260 g/mol. The van der Waals surface area contributed by atoms with Crippen LogP contribution < -0.4 is 0 Å². The van der Waals surface area contributed by atoms with Crippen molar-refractivity contribution in [2.24, 2.45) is 0 Å². The minimum absolute atomic E-state index is 0.297. The lowest BCUT2D eigenvalue weighted by atomic mass is 10.1. The standard InChI is InChI=1S/C13H16N4O2/c1-18-9-12-15-13(10-4-7-19-8-10)17(16-12)11-2-5-14-6-3-11/h2-3,5-6,10H,4,7-9H2,1H3/t10-/m1/s1. The van der Waals surface area contributed by atoms with Gasteiger partial charge in [0, 0.05) is 32.0 Å². The zero-order chi connectivity index (χ0) is 13.1. The van der Waals surface area contributed by atoms with Crippen molar-refractivity contribution in [1.29, 1.82) is 0 Å². The summed E-state index contributed by atoms with van der Waals surface area (Å²) in [5.41, 5.74) is 0.965. The maximum Gasteiger partial charge on any atom is 0.176 e. The van der Waals surface area contributed by atoms with Crippen LogP contribution in [0.25, 0.3) is 5.69 Å². The van der Waals surface area contributed by atoms with E-state index in [2.05, 4.69) is 15.1 Å². The number of nitrogens with zero attached hydrogens (tertiary/aromatic N) is 4. The van der Waals surface area contributed by atoms with E-state index < -0.39 is 0 Å². The smallest absolute Gasteiger partial charge is 0.176 e. The fourth-order valence-electron chi connectivity index (χ4n) is 2.24. The van der Waals surface area contributed by atoms with Crippen LogP contribution in [0.4, 0.5) is 0 Å². The first-order chi connectivity index (χ1) is 9.38. The number of rotatable bonds is 4. The molecular formula is C13H16N4O2. The van der Waals surface area contributed by atoms with E-state index in [1.165, 1.54) is 0 Å². The summed E-state index contributed by atoms with van der Waals surface area (Å²) in [6, 6.07) is 3.84. The van der Waals surface area contributed by atoms with Crippen LogP contribution in [-0.4, -0.2) is 40.1 Å². The summed E-state index contributed by atoms with van der Waals surface area (Å²) in [6.45, 7) is 1.91. The summed E-state index contributed by atoms with van der Waals surface area (Å²) in [6.07, 6.45) is 4.49. The van der Waals surface area contributed by atoms with Gasteiger partial charge in [0.05, 0.1) is 12.3 Å². The molecule has 3 heterocycles. The summed E-state index contributed by atoms with van der Waals surface area (Å²) < 4.78 is 12.4. The maximum atomic E-state index is 5.45. The maximum absolute atomic E-state index is 5.45. The molecule has 1 aliphatic heterocycles. The highest BCUT2D eigenvalue weighted by atomic mass is 16.5. The van der Waals surface area contributed by atoms with Crippen molar-refractivity contribution in [1.82, 2.24) is 19.7 Å². The molecule has 1 atom stereocenters. The summed E-state index contributed by atoms with van der Waals surface area (Å²) in [7, 11) is 1.64. The van der Waals surface area contributed by atoms with Gasteiger partial charge in [-0.1, -0.05) is 0 Å². The van der Waals surface area contributed by atoms with Crippen LogP contribution in [0, 0.1) is 0 Å². The van der Waals surface area contributed by atoms with Crippen molar-refractivity contribution in [2.45, 2.75) is 18.9 Å². The molecular weight excluding hydrogens is 244 g/mol. The van der Waals surface area contributed by atoms with E-state index in [4.69, 9.17) is 9.47 Å². The topological polar surface area (TPSA) is 62.1 Å². The molecule has 1 fully saturated rings. The van der Waals surface area contributed by atoms with Gasteiger partial charge < -0.3 is 9.47 Å². The van der Waals surface area contributed by atoms with Gasteiger partial charge in [-0.25, -0.2) is 9.67 Å². The zero-order valence-corrected chi connectivity index (χ0v) is 10.8. The Kier molecular flexibility index (Phi) is 3.52. The molecule has 0 bridgehead atoms. The van der Waals surface area contributed by atoms with E-state index in [-0.39, 0.29) is 0 Å². The number of pyridine rings is 1. The van der Waals surface area contributed by atoms with Crippen LogP contribution >= 0.6 is 0 Å². The second kappa shape index (κ2) is 5.46. The molecule has 0 spiro atoms. The van der Waals surface area contributed by atoms with Gasteiger partial charge in [0.15, 0.2) is 5.82 Å². The summed E-state index contributed by atoms with van der Waals surface area (Å²) in [4.78, 5) is 8.62. The Labute approximate surface area is 111 Å². The highest BCUT2D eigenvalue weighted by Crippen LogP contribution is 2.25. The lowest BCUT2D eigenvalue weighted by Gasteiger charge is -2.09. The third-order valence-corrected chi connectivity index (χ3v) is 3.15. The predicted octanol–water partition coefficient (Wildman–Crippen LogP) is 1.31. The number of hydrogen-bond acceptors (Lipinski definition) is 5. The molecule has 19 heavy (non-hydrogen) atoms. The first-order valence-electron chi connectivity index (χ1n) is 6.31. The van der Waals surface area contributed by atoms with Gasteiger partial charge in [-0.15, -0.1) is 5.10 Å². The molecule has 100 valence electrons. The van der Waals surface area contributed by atoms with Gasteiger partial charge in [-0.2, -0.15) is 0 Å². The fraction of sp³-hybridized carbons (Fsp3) is 0.462. The molecule has 0 N–H and O–H groups in total. The molecule has 6 heteroatoms. The van der Waals surface area contributed by atoms with Gasteiger partial charge in [0.1, 0.15) is 12.4 Å². The van der Waals surface area contributed by atoms with Gasteiger partial charge in [0.2, 0.25) is 0 Å². The molecule has 1 saturated heterocycles. The van der Waals surface area contributed by atoms with Crippen LogP contribution in [-0.2, 0) is 16.1 Å². The average Bonchev–Trinajstić information content (AvgIpc) is 3.08. The third-order valence-electron chi connectivity index (χ3n) is 3.15. The van der Waals surface area contributed by atoms with Crippen LogP contribution in [0.2, 0.25) is 0 Å². The summed E-state index contributed by atoms with van der Waals surface area (Å²) in [5, 5.41) is 4.51. The van der Waals surface area contributed by atoms with E-state index in [1.54, 1.807) is 19.5 Å². The van der Waals surface area contributed by atoms with Crippen LogP contribution in [0.1, 0.15) is 24.0 Å². The Morgan fingerprint density at radius 3 is 2.95 bits per heavy atom. The molecule has 0 aromatic carbocycles. The zero-order valence-electron chi connectivity index (χ0n) is 10.8. The lowest BCUT2D eigenvalue weighted by molar-refractivity contribution is 0.177. The van der Waals surface area contributed by atoms with Crippen LogP contribution in [0.5, 0.6) is 0 Å². The highest BCUT2D eigenvalue weighted by molar-refractivity contribution is 5.29. The van der Waals surface area contributed by atoms with Crippen LogP contribution in [0.3, 0.4) is 0 Å². The Bertz CT molecular complexity index is 535. The van der Waals surface area contributed by atoms with Crippen LogP contribution in [0.15, 0.2) is 24.5 Å². The van der Waals surface area contributed by atoms with Gasteiger partial charge in [0.25, 0.3) is 0 Å². The Hall–Kier alpha value is -1.79. The van der Waals surface area contributed by atoms with Crippen molar-refractivity contribution in [3.05, 3.63) is 36.2 Å². The lowest BCUT2D eigenvalue weighted by Crippen LogP contribution is -2.09. The largest absolute Gasteiger partial charge is 0.381 e. The van der Waals surface area contributed by atoms with E-state index in [9.17, 15) is 0 Å². The number of hydrogen-bond donors (Lipinski definition) is 0. The van der Waals surface area contributed by atoms with Crippen molar-refractivity contribution < 1.29 is 9.47 Å². The van der Waals surface area contributed by atoms with E-state index in [0.29, 0.717) is 25.0 Å². The third kappa shape index (κ3) is 2.50. The minimum atomic E-state index is 0.297. The molecule has 1 aliphatic rings. The monoisotopic (exact) mass is 260 g/mol. The van der Waals surface area contributed by atoms with Crippen molar-refractivity contribution in [2.75, 3.05) is 20.3 Å². The number of methoxy groups -OCH3 is 1. The Balaban J connectivity index is 2.00. The van der Waals surface area contributed by atoms with Gasteiger partial charge >= 0.3 is 0 Å². The fourth-order valence-corrected chi connectivity index (χ4v) is 2.24. The first-order valence-corrected chi connectivity index (χ1v) is 6.31. The molecule has 0 saturated carbocycles. The quantitative estimate of drug-likeness (QED) is 0.829. The van der Waals surface area contributed by atoms with E-state index in [1.807, 2.05) is 16.8 Å². The number of aromatic nitrogens is 4. The van der Waals surface area contributed by atoms with E-state index in [0.717, 1.165) is 24.5 Å². The van der Waals surface area contributed by atoms with Crippen molar-refractivity contribution >= 4 is 0 Å². The molecule has 0 amide bonds. The number of ether oxygens (including phenoxy) is 2. The highest BCUT2D eigenvalue weighted by Gasteiger charge is 2.25. The second-order valence-corrected chi connectivity index (χ2v) is 4.50. The SMILES string of the molecule is COCc1nc([C@@H]2CCOC2)n(-c2ccncc2)n1. The molecule has 2 aromatic rings. The summed E-state index contributed by atoms with van der Waals surface area (Å²) in [5.74, 6) is 1.93. The molecule has 0 radical (unpaired) electrons. The molecule has 3 rings (SSSR count). The summed E-state index contributed by atoms with van der Waals surface area (Å²) >= 11 is 0. The molecule has 0 aliphatic carbocycles. The van der Waals surface area contributed by atoms with E-state index >= 15 is 0 Å². The molecule has 2 aromatic heterocycles.